The van der Waals surface area contributed by atoms with Crippen molar-refractivity contribution in [1.82, 2.24) is 25.2 Å². The van der Waals surface area contributed by atoms with Gasteiger partial charge in [-0.05, 0) is 48.1 Å². The highest BCUT2D eigenvalue weighted by atomic mass is 16.5. The van der Waals surface area contributed by atoms with E-state index in [2.05, 4.69) is 40.2 Å². The van der Waals surface area contributed by atoms with E-state index < -0.39 is 41.1 Å². The van der Waals surface area contributed by atoms with E-state index in [0.717, 1.165) is 55.7 Å². The topological polar surface area (TPSA) is 166 Å². The van der Waals surface area contributed by atoms with Crippen molar-refractivity contribution >= 4 is 28.4 Å². The molecule has 4 N–H and O–H groups in total. The molecule has 10 bridgehead atoms. The minimum Gasteiger partial charge on any atom is -0.495 e. The number of carbonyl (C=O) groups excluding carboxylic acids is 2. The molecule has 0 saturated heterocycles. The molecule has 56 heavy (non-hydrogen) atoms. The highest BCUT2D eigenvalue weighted by molar-refractivity contribution is 6.10. The van der Waals surface area contributed by atoms with Crippen LogP contribution in [0.5, 0.6) is 11.5 Å². The number of ether oxygens (including phenoxy) is 2. The first-order valence-corrected chi connectivity index (χ1v) is 19.2. The molecule has 13 nitrogen and oxygen atoms in total. The first kappa shape index (κ1) is 34.4. The molecule has 0 fully saturated rings. The van der Waals surface area contributed by atoms with Crippen LogP contribution in [-0.4, -0.2) is 56.4 Å². The lowest BCUT2D eigenvalue weighted by Crippen LogP contribution is -2.55. The predicted octanol–water partition coefficient (Wildman–Crippen LogP) is 6.36. The highest BCUT2D eigenvalue weighted by Gasteiger charge is 2.61. The molecule has 286 valence electrons. The maximum Gasteiger partial charge on any atom is 0.252 e. The van der Waals surface area contributed by atoms with Gasteiger partial charge in [0.05, 0.1) is 18.8 Å². The van der Waals surface area contributed by atoms with Crippen LogP contribution in [0, 0.1) is 5.92 Å². The first-order chi connectivity index (χ1) is 27.0. The number of oxazole rings is 2. The van der Waals surface area contributed by atoms with Gasteiger partial charge < -0.3 is 43.9 Å². The second-order valence-corrected chi connectivity index (χ2v) is 15.7. The van der Waals surface area contributed by atoms with Gasteiger partial charge in [-0.2, -0.15) is 0 Å². The Hall–Kier alpha value is -6.08. The molecule has 13 heteroatoms. The van der Waals surface area contributed by atoms with Gasteiger partial charge in [0, 0.05) is 53.0 Å². The van der Waals surface area contributed by atoms with Crippen molar-refractivity contribution in [3.05, 3.63) is 89.3 Å². The molecule has 2 amide bonds. The van der Waals surface area contributed by atoms with Gasteiger partial charge in [-0.1, -0.05) is 58.0 Å². The third-order valence-corrected chi connectivity index (χ3v) is 12.3. The minimum atomic E-state index is -1.62. The van der Waals surface area contributed by atoms with Crippen LogP contribution in [0.25, 0.3) is 44.9 Å². The summed E-state index contributed by atoms with van der Waals surface area (Å²) >= 11 is 0. The van der Waals surface area contributed by atoms with Crippen molar-refractivity contribution in [3.8, 4) is 45.5 Å². The van der Waals surface area contributed by atoms with Crippen LogP contribution in [0.4, 0.5) is 5.69 Å². The molecular formula is C43H42N6O7. The average molecular weight is 755 g/mol. The first-order valence-electron chi connectivity index (χ1n) is 19.2. The summed E-state index contributed by atoms with van der Waals surface area (Å²) in [4.78, 5) is 37.9. The molecule has 0 saturated carbocycles. The molecule has 1 spiro atoms. The summed E-state index contributed by atoms with van der Waals surface area (Å²) < 4.78 is 28.5. The van der Waals surface area contributed by atoms with Gasteiger partial charge in [-0.25, -0.2) is 9.97 Å². The molecule has 4 aliphatic rings. The minimum absolute atomic E-state index is 0.156. The fourth-order valence-electron chi connectivity index (χ4n) is 9.21. The molecule has 0 radical (unpaired) electrons. The molecule has 3 aromatic carbocycles. The third-order valence-electron chi connectivity index (χ3n) is 12.3. The number of hydrogen-bond donors (Lipinski definition) is 4. The zero-order valence-corrected chi connectivity index (χ0v) is 31.9. The number of fused-ring (bicyclic) bond motifs is 7. The number of hydrogen-bond acceptors (Lipinski definition) is 10. The number of rotatable bonds is 6. The van der Waals surface area contributed by atoms with E-state index in [1.54, 1.807) is 27.2 Å². The number of aromatic nitrogens is 3. The molecule has 4 atom stereocenters. The smallest absolute Gasteiger partial charge is 0.252 e. The van der Waals surface area contributed by atoms with Gasteiger partial charge in [0.25, 0.3) is 5.91 Å². The van der Waals surface area contributed by atoms with Crippen LogP contribution in [0.2, 0.25) is 0 Å². The number of amides is 2. The fourth-order valence-corrected chi connectivity index (χ4v) is 9.21. The monoisotopic (exact) mass is 754 g/mol. The normalized spacial score (nSPS) is 21.4. The summed E-state index contributed by atoms with van der Waals surface area (Å²) in [5.74, 6) is 1.67. The Morgan fingerprint density at radius 3 is 2.68 bits per heavy atom. The Balaban J connectivity index is 1.28. The summed E-state index contributed by atoms with van der Waals surface area (Å²) in [6, 6.07) is 14.4. The Kier molecular flexibility index (Phi) is 7.35. The van der Waals surface area contributed by atoms with Crippen molar-refractivity contribution in [3.63, 3.8) is 0 Å². The van der Waals surface area contributed by atoms with Crippen molar-refractivity contribution in [2.24, 2.45) is 13.0 Å². The average Bonchev–Trinajstić information content (AvgIpc) is 4.02. The third kappa shape index (κ3) is 4.51. The molecule has 7 heterocycles. The summed E-state index contributed by atoms with van der Waals surface area (Å²) in [6.07, 6.45) is 3.62. The number of aliphatic hydroxyl groups is 1. The number of para-hydroxylation sites is 1. The zero-order valence-electron chi connectivity index (χ0n) is 31.9. The summed E-state index contributed by atoms with van der Waals surface area (Å²) in [5, 5.41) is 21.9. The zero-order chi connectivity index (χ0) is 38.8. The van der Waals surface area contributed by atoms with Crippen LogP contribution in [0.1, 0.15) is 74.9 Å². The Morgan fingerprint density at radius 1 is 1.09 bits per heavy atom. The molecular weight excluding hydrogens is 713 g/mol. The standard InChI is InChI=1S/C43H42N6O7/c1-7-42(52,8-2)40(51)45-27-17-21-12-14-28-26(16-21)43-25-11-9-10-23(33(25)48-41(43)55-28)22-13-15-29(53-6)35-31(22)24(19-49(35)5)30-18-44-38(54-30)34-36(43)56-39(47-34)32(20(3)4)46-37(27)50/h9-16,18-20,27,32,41,48,52H,7-8,17H2,1-6H3,(H,45,51)(H,46,50)/t27-,32-,41?,43-/m0/s1. The van der Waals surface area contributed by atoms with Crippen molar-refractivity contribution < 1.29 is 33.0 Å². The largest absolute Gasteiger partial charge is 0.495 e. The predicted molar refractivity (Wildman–Crippen MR) is 207 cm³/mol. The van der Waals surface area contributed by atoms with E-state index >= 15 is 0 Å². The molecule has 3 aromatic heterocycles. The fraction of sp³-hybridized carbons (Fsp3) is 0.349. The van der Waals surface area contributed by atoms with Crippen LogP contribution >= 0.6 is 0 Å². The number of nitrogens with one attached hydrogen (secondary N) is 3. The van der Waals surface area contributed by atoms with Crippen molar-refractivity contribution in [1.29, 1.82) is 0 Å². The van der Waals surface area contributed by atoms with E-state index in [0.29, 0.717) is 23.0 Å². The second kappa shape index (κ2) is 12.0. The number of aryl methyl sites for hydroxylation is 1. The van der Waals surface area contributed by atoms with Gasteiger partial charge in [0.2, 0.25) is 17.7 Å². The highest BCUT2D eigenvalue weighted by Crippen LogP contribution is 2.61. The van der Waals surface area contributed by atoms with Crippen molar-refractivity contribution in [2.75, 3.05) is 12.4 Å². The maximum absolute atomic E-state index is 14.3. The summed E-state index contributed by atoms with van der Waals surface area (Å²) in [6.45, 7) is 7.44. The van der Waals surface area contributed by atoms with E-state index in [-0.39, 0.29) is 37.0 Å². The van der Waals surface area contributed by atoms with Gasteiger partial charge in [-0.3, -0.25) is 9.59 Å². The SMILES string of the molecule is CCC(O)(CC)C(=O)N[C@H]1Cc2ccc3c(c2)[C@]24c5cccc(c5NC2O3)-c2ccc(OC)c3c2c(cn3C)-c2cnc(o2)-c2nc(oc24)[C@H](C(C)C)NC1=O. The molecule has 0 aliphatic carbocycles. The molecule has 10 rings (SSSR count). The lowest BCUT2D eigenvalue weighted by molar-refractivity contribution is -0.143. The van der Waals surface area contributed by atoms with Gasteiger partial charge in [-0.15, -0.1) is 0 Å². The van der Waals surface area contributed by atoms with Gasteiger partial charge in [0.1, 0.15) is 34.6 Å². The van der Waals surface area contributed by atoms with Crippen LogP contribution in [0.15, 0.2) is 69.8 Å². The lowest BCUT2D eigenvalue weighted by Gasteiger charge is -2.30. The van der Waals surface area contributed by atoms with E-state index in [1.165, 1.54) is 0 Å². The van der Waals surface area contributed by atoms with Crippen LogP contribution in [-0.2, 0) is 28.5 Å². The lowest BCUT2D eigenvalue weighted by atomic mass is 9.72. The Morgan fingerprint density at radius 2 is 1.91 bits per heavy atom. The van der Waals surface area contributed by atoms with E-state index in [4.69, 9.17) is 28.3 Å². The summed E-state index contributed by atoms with van der Waals surface area (Å²) in [5.41, 5.74) is 4.72. The van der Waals surface area contributed by atoms with E-state index in [9.17, 15) is 14.7 Å². The van der Waals surface area contributed by atoms with Gasteiger partial charge in [0.15, 0.2) is 23.4 Å². The maximum atomic E-state index is 14.3. The molecule has 6 aromatic rings. The van der Waals surface area contributed by atoms with Crippen LogP contribution in [0.3, 0.4) is 0 Å². The van der Waals surface area contributed by atoms with Crippen molar-refractivity contribution in [2.45, 2.75) is 76.3 Å². The Labute approximate surface area is 322 Å². The number of anilines is 1. The molecule has 1 unspecified atom stereocenters. The van der Waals surface area contributed by atoms with Gasteiger partial charge >= 0.3 is 0 Å². The van der Waals surface area contributed by atoms with E-state index in [1.807, 2.05) is 55.9 Å². The van der Waals surface area contributed by atoms with Crippen LogP contribution < -0.4 is 25.4 Å². The quantitative estimate of drug-likeness (QED) is 0.150. The number of methoxy groups -OCH3 is 1. The summed E-state index contributed by atoms with van der Waals surface area (Å²) in [7, 11) is 3.65. The second-order valence-electron chi connectivity index (χ2n) is 15.7. The number of nitrogens with zero attached hydrogens (tertiary/aromatic N) is 3. The molecule has 4 aliphatic heterocycles. The Bertz CT molecular complexity index is 2630. The number of carbonyl (C=O) groups is 2. The number of benzene rings is 3.